The minimum atomic E-state index is -0.868. The number of hydrogen-bond acceptors (Lipinski definition) is 4. The average Bonchev–Trinajstić information content (AvgIpc) is 2.59. The number of carbonyl (C=O) groups is 3. The lowest BCUT2D eigenvalue weighted by Gasteiger charge is -2.60. The van der Waals surface area contributed by atoms with Crippen molar-refractivity contribution in [2.75, 3.05) is 5.32 Å². The fraction of sp³-hybridized carbons (Fsp3) is 0.609. The predicted octanol–water partition coefficient (Wildman–Crippen LogP) is 3.34. The summed E-state index contributed by atoms with van der Waals surface area (Å²) in [6.45, 7) is 5.12. The maximum Gasteiger partial charge on any atom is 0.312 e. The summed E-state index contributed by atoms with van der Waals surface area (Å²) in [7, 11) is 0. The Morgan fingerprint density at radius 3 is 2.45 bits per heavy atom. The quantitative estimate of drug-likeness (QED) is 0.745. The Morgan fingerprint density at radius 2 is 1.83 bits per heavy atom. The van der Waals surface area contributed by atoms with Crippen LogP contribution in [0, 0.1) is 24.2 Å². The molecule has 156 valence electrons. The van der Waals surface area contributed by atoms with Gasteiger partial charge < -0.3 is 15.4 Å². The third-order valence-corrected chi connectivity index (χ3v) is 6.87. The topological polar surface area (TPSA) is 84.5 Å². The minimum Gasteiger partial charge on any atom is -0.452 e. The molecule has 2 N–H and O–H groups in total. The molecule has 0 radical (unpaired) electrons. The molecule has 0 aliphatic heterocycles. The van der Waals surface area contributed by atoms with Crippen molar-refractivity contribution in [2.24, 2.45) is 17.3 Å². The molecule has 4 bridgehead atoms. The Balaban J connectivity index is 1.45. The molecule has 5 rings (SSSR count). The van der Waals surface area contributed by atoms with Crippen molar-refractivity contribution in [3.8, 4) is 0 Å². The van der Waals surface area contributed by atoms with Crippen LogP contribution in [0.5, 0.6) is 0 Å². The number of esters is 1. The Kier molecular flexibility index (Phi) is 4.91. The van der Waals surface area contributed by atoms with Crippen LogP contribution >= 0.6 is 0 Å². The van der Waals surface area contributed by atoms with Crippen LogP contribution in [-0.4, -0.2) is 29.4 Å². The highest BCUT2D eigenvalue weighted by Crippen LogP contribution is 2.62. The standard InChI is InChI=1S/C23H30N2O4/c1-14-5-4-6-19(7-14)24-20(27)15(2)29-21(28)22-9-17-8-18(10-22)12-23(11-17,13-22)25-16(3)26/h4-7,15,17-18H,8-13H2,1-3H3,(H,24,27)(H,25,26)/t15-,17-,18+,22?,23?/m0/s1. The molecular formula is C23H30N2O4. The first-order valence-electron chi connectivity index (χ1n) is 10.6. The van der Waals surface area contributed by atoms with Crippen LogP contribution in [0.2, 0.25) is 0 Å². The van der Waals surface area contributed by atoms with Crippen LogP contribution in [-0.2, 0) is 19.1 Å². The van der Waals surface area contributed by atoms with E-state index in [1.807, 2.05) is 31.2 Å². The van der Waals surface area contributed by atoms with E-state index in [0.29, 0.717) is 23.9 Å². The zero-order chi connectivity index (χ0) is 20.8. The molecule has 4 aliphatic rings. The van der Waals surface area contributed by atoms with Crippen LogP contribution in [0.3, 0.4) is 0 Å². The van der Waals surface area contributed by atoms with Crippen molar-refractivity contribution >= 4 is 23.5 Å². The lowest BCUT2D eigenvalue weighted by atomic mass is 9.47. The second-order valence-electron chi connectivity index (χ2n) is 9.61. The number of nitrogens with one attached hydrogen (secondary N) is 2. The highest BCUT2D eigenvalue weighted by molar-refractivity contribution is 5.95. The van der Waals surface area contributed by atoms with E-state index in [0.717, 1.165) is 37.7 Å². The highest BCUT2D eigenvalue weighted by Gasteiger charge is 2.61. The van der Waals surface area contributed by atoms with Crippen molar-refractivity contribution in [3.63, 3.8) is 0 Å². The largest absolute Gasteiger partial charge is 0.452 e. The number of rotatable bonds is 5. The van der Waals surface area contributed by atoms with Gasteiger partial charge in [-0.15, -0.1) is 0 Å². The zero-order valence-electron chi connectivity index (χ0n) is 17.4. The number of hydrogen-bond donors (Lipinski definition) is 2. The second kappa shape index (κ2) is 7.15. The molecule has 6 heteroatoms. The van der Waals surface area contributed by atoms with Gasteiger partial charge in [-0.25, -0.2) is 0 Å². The molecule has 0 heterocycles. The van der Waals surface area contributed by atoms with E-state index < -0.39 is 11.5 Å². The van der Waals surface area contributed by atoms with Gasteiger partial charge in [0.15, 0.2) is 6.10 Å². The van der Waals surface area contributed by atoms with E-state index in [4.69, 9.17) is 4.74 Å². The van der Waals surface area contributed by atoms with Crippen molar-refractivity contribution in [1.82, 2.24) is 5.32 Å². The first-order valence-corrected chi connectivity index (χ1v) is 10.6. The monoisotopic (exact) mass is 398 g/mol. The van der Waals surface area contributed by atoms with Gasteiger partial charge in [-0.2, -0.15) is 0 Å². The Hall–Kier alpha value is -2.37. The van der Waals surface area contributed by atoms with E-state index in [-0.39, 0.29) is 23.3 Å². The van der Waals surface area contributed by atoms with Gasteiger partial charge in [0.05, 0.1) is 5.41 Å². The Morgan fingerprint density at radius 1 is 1.14 bits per heavy atom. The van der Waals surface area contributed by atoms with Crippen LogP contribution < -0.4 is 10.6 Å². The number of ether oxygens (including phenoxy) is 1. The molecule has 0 saturated heterocycles. The van der Waals surface area contributed by atoms with Gasteiger partial charge in [-0.3, -0.25) is 14.4 Å². The lowest BCUT2D eigenvalue weighted by Crippen LogP contribution is -2.65. The molecule has 4 saturated carbocycles. The third-order valence-electron chi connectivity index (χ3n) is 6.87. The van der Waals surface area contributed by atoms with E-state index in [1.54, 1.807) is 13.8 Å². The normalized spacial score (nSPS) is 33.1. The fourth-order valence-corrected chi connectivity index (χ4v) is 6.33. The summed E-state index contributed by atoms with van der Waals surface area (Å²) < 4.78 is 5.69. The van der Waals surface area contributed by atoms with Gasteiger partial charge >= 0.3 is 5.97 Å². The minimum absolute atomic E-state index is 0.0404. The molecule has 1 aromatic rings. The number of amides is 2. The van der Waals surface area contributed by atoms with Crippen LogP contribution in [0.15, 0.2) is 24.3 Å². The maximum absolute atomic E-state index is 13.2. The zero-order valence-corrected chi connectivity index (χ0v) is 17.4. The summed E-state index contributed by atoms with van der Waals surface area (Å²) in [5.74, 6) is 0.221. The summed E-state index contributed by atoms with van der Waals surface area (Å²) in [5.41, 5.74) is 0.869. The van der Waals surface area contributed by atoms with E-state index in [9.17, 15) is 14.4 Å². The smallest absolute Gasteiger partial charge is 0.312 e. The van der Waals surface area contributed by atoms with Gasteiger partial charge in [0.2, 0.25) is 5.91 Å². The fourth-order valence-electron chi connectivity index (χ4n) is 6.33. The molecular weight excluding hydrogens is 368 g/mol. The number of carbonyl (C=O) groups excluding carboxylic acids is 3. The highest BCUT2D eigenvalue weighted by atomic mass is 16.5. The van der Waals surface area contributed by atoms with Crippen LogP contribution in [0.25, 0.3) is 0 Å². The molecule has 6 nitrogen and oxygen atoms in total. The van der Waals surface area contributed by atoms with Gasteiger partial charge in [-0.05, 0) is 81.9 Å². The molecule has 1 aromatic carbocycles. The molecule has 0 spiro atoms. The summed E-state index contributed by atoms with van der Waals surface area (Å²) >= 11 is 0. The summed E-state index contributed by atoms with van der Waals surface area (Å²) in [6.07, 6.45) is 4.37. The second-order valence-corrected chi connectivity index (χ2v) is 9.61. The Bertz CT molecular complexity index is 835. The van der Waals surface area contributed by atoms with Gasteiger partial charge in [-0.1, -0.05) is 12.1 Å². The molecule has 2 unspecified atom stereocenters. The average molecular weight is 399 g/mol. The van der Waals surface area contributed by atoms with Crippen molar-refractivity contribution < 1.29 is 19.1 Å². The molecule has 0 aromatic heterocycles. The van der Waals surface area contributed by atoms with Gasteiger partial charge in [0.1, 0.15) is 0 Å². The Labute approximate surface area is 171 Å². The van der Waals surface area contributed by atoms with Crippen LogP contribution in [0.1, 0.15) is 57.9 Å². The molecule has 5 atom stereocenters. The summed E-state index contributed by atoms with van der Waals surface area (Å²) in [5, 5.41) is 5.98. The lowest BCUT2D eigenvalue weighted by molar-refractivity contribution is -0.181. The number of aryl methyl sites for hydroxylation is 1. The van der Waals surface area contributed by atoms with E-state index in [2.05, 4.69) is 10.6 Å². The number of benzene rings is 1. The molecule has 29 heavy (non-hydrogen) atoms. The molecule has 4 fully saturated rings. The summed E-state index contributed by atoms with van der Waals surface area (Å²) in [6, 6.07) is 7.52. The van der Waals surface area contributed by atoms with Crippen molar-refractivity contribution in [1.29, 1.82) is 0 Å². The SMILES string of the molecule is CC(=O)NC12C[C@H]3C[C@@H](C1)CC(C(=O)O[C@@H](C)C(=O)Nc1cccc(C)c1)(C3)C2. The first kappa shape index (κ1) is 19.9. The first-order chi connectivity index (χ1) is 13.7. The molecule has 2 amide bonds. The van der Waals surface area contributed by atoms with Gasteiger partial charge in [0.25, 0.3) is 5.91 Å². The maximum atomic E-state index is 13.2. The predicted molar refractivity (Wildman–Crippen MR) is 109 cm³/mol. The number of anilines is 1. The van der Waals surface area contributed by atoms with Crippen molar-refractivity contribution in [3.05, 3.63) is 29.8 Å². The van der Waals surface area contributed by atoms with Crippen LogP contribution in [0.4, 0.5) is 5.69 Å². The summed E-state index contributed by atoms with van der Waals surface area (Å²) in [4.78, 5) is 37.6. The van der Waals surface area contributed by atoms with E-state index in [1.165, 1.54) is 0 Å². The van der Waals surface area contributed by atoms with Crippen molar-refractivity contribution in [2.45, 2.75) is 70.9 Å². The third kappa shape index (κ3) is 3.89. The van der Waals surface area contributed by atoms with E-state index >= 15 is 0 Å². The van der Waals surface area contributed by atoms with Gasteiger partial charge in [0, 0.05) is 18.2 Å². The molecule has 4 aliphatic carbocycles.